The van der Waals surface area contributed by atoms with Crippen LogP contribution in [0, 0.1) is 19.7 Å². The molecule has 3 aromatic rings. The Bertz CT molecular complexity index is 925. The van der Waals surface area contributed by atoms with Crippen molar-refractivity contribution in [3.8, 4) is 0 Å². The molecule has 1 aromatic heterocycles. The fourth-order valence-corrected chi connectivity index (χ4v) is 2.49. The largest absolute Gasteiger partial charge is 0.347 e. The van der Waals surface area contributed by atoms with Crippen LogP contribution in [0.4, 0.5) is 16.0 Å². The van der Waals surface area contributed by atoms with Crippen molar-refractivity contribution >= 4 is 17.5 Å². The van der Waals surface area contributed by atoms with Gasteiger partial charge in [0.2, 0.25) is 5.95 Å². The maximum atomic E-state index is 12.9. The Labute approximate surface area is 151 Å². The lowest BCUT2D eigenvalue weighted by Crippen LogP contribution is -2.24. The summed E-state index contributed by atoms with van der Waals surface area (Å²) < 4.78 is 12.9. The number of nitrogens with one attached hydrogen (secondary N) is 2. The van der Waals surface area contributed by atoms with Crippen LogP contribution in [0.25, 0.3) is 0 Å². The number of amides is 1. The molecule has 0 aliphatic heterocycles. The Morgan fingerprint density at radius 3 is 2.58 bits per heavy atom. The van der Waals surface area contributed by atoms with E-state index >= 15 is 0 Å². The molecule has 0 spiro atoms. The molecule has 26 heavy (non-hydrogen) atoms. The van der Waals surface area contributed by atoms with Crippen molar-refractivity contribution in [2.45, 2.75) is 20.4 Å². The fourth-order valence-electron chi connectivity index (χ4n) is 2.49. The highest BCUT2D eigenvalue weighted by molar-refractivity contribution is 5.92. The highest BCUT2D eigenvalue weighted by Gasteiger charge is 2.09. The summed E-state index contributed by atoms with van der Waals surface area (Å²) in [6, 6.07) is 13.5. The molecule has 5 nitrogen and oxygen atoms in total. The van der Waals surface area contributed by atoms with E-state index in [1.54, 1.807) is 18.2 Å². The number of rotatable bonds is 5. The van der Waals surface area contributed by atoms with Crippen molar-refractivity contribution in [3.63, 3.8) is 0 Å². The van der Waals surface area contributed by atoms with Crippen LogP contribution in [-0.2, 0) is 6.54 Å². The molecule has 0 aliphatic carbocycles. The molecule has 2 aromatic carbocycles. The van der Waals surface area contributed by atoms with Gasteiger partial charge in [0.05, 0.1) is 0 Å². The molecule has 3 rings (SSSR count). The predicted octanol–water partition coefficient (Wildman–Crippen LogP) is 3.91. The van der Waals surface area contributed by atoms with E-state index in [2.05, 4.69) is 26.7 Å². The van der Waals surface area contributed by atoms with Gasteiger partial charge in [-0.15, -0.1) is 0 Å². The fraction of sp³-hybridized carbons (Fsp3) is 0.150. The lowest BCUT2D eigenvalue weighted by atomic mass is 10.1. The summed E-state index contributed by atoms with van der Waals surface area (Å²) in [5, 5.41) is 5.90. The van der Waals surface area contributed by atoms with Gasteiger partial charge in [-0.25, -0.2) is 14.4 Å². The zero-order chi connectivity index (χ0) is 18.5. The van der Waals surface area contributed by atoms with Gasteiger partial charge in [0, 0.05) is 18.4 Å². The second kappa shape index (κ2) is 7.74. The van der Waals surface area contributed by atoms with Crippen molar-refractivity contribution in [3.05, 3.63) is 82.9 Å². The summed E-state index contributed by atoms with van der Waals surface area (Å²) in [6.07, 6.45) is 1.53. The molecule has 0 radical (unpaired) electrons. The van der Waals surface area contributed by atoms with Gasteiger partial charge in [-0.1, -0.05) is 29.8 Å². The number of benzene rings is 2. The van der Waals surface area contributed by atoms with Gasteiger partial charge in [-0.3, -0.25) is 4.79 Å². The first-order chi connectivity index (χ1) is 12.5. The van der Waals surface area contributed by atoms with Crippen molar-refractivity contribution in [2.75, 3.05) is 5.32 Å². The minimum atomic E-state index is -0.319. The van der Waals surface area contributed by atoms with Gasteiger partial charge in [-0.05, 0) is 49.2 Å². The molecule has 0 aliphatic rings. The standard InChI is InChI=1S/C20H19FN4O/c1-13-3-8-17(14(2)11-13)24-20-22-10-9-18(25-20)19(26)23-12-15-4-6-16(21)7-5-15/h3-11H,12H2,1-2H3,(H,23,26)(H,22,24,25). The zero-order valence-corrected chi connectivity index (χ0v) is 14.6. The Morgan fingerprint density at radius 1 is 1.08 bits per heavy atom. The highest BCUT2D eigenvalue weighted by atomic mass is 19.1. The second-order valence-electron chi connectivity index (χ2n) is 6.02. The van der Waals surface area contributed by atoms with Crippen LogP contribution in [0.3, 0.4) is 0 Å². The highest BCUT2D eigenvalue weighted by Crippen LogP contribution is 2.19. The number of anilines is 2. The molecule has 0 atom stereocenters. The smallest absolute Gasteiger partial charge is 0.270 e. The van der Waals surface area contributed by atoms with Gasteiger partial charge < -0.3 is 10.6 Å². The van der Waals surface area contributed by atoms with Crippen molar-refractivity contribution < 1.29 is 9.18 Å². The van der Waals surface area contributed by atoms with E-state index in [4.69, 9.17) is 0 Å². The number of halogens is 1. The van der Waals surface area contributed by atoms with Crippen LogP contribution in [0.15, 0.2) is 54.7 Å². The maximum Gasteiger partial charge on any atom is 0.270 e. The van der Waals surface area contributed by atoms with Gasteiger partial charge in [0.25, 0.3) is 5.91 Å². The predicted molar refractivity (Wildman–Crippen MR) is 98.8 cm³/mol. The van der Waals surface area contributed by atoms with E-state index in [1.807, 2.05) is 26.0 Å². The zero-order valence-electron chi connectivity index (χ0n) is 14.6. The van der Waals surface area contributed by atoms with E-state index in [9.17, 15) is 9.18 Å². The van der Waals surface area contributed by atoms with E-state index in [0.29, 0.717) is 12.5 Å². The first kappa shape index (κ1) is 17.5. The Hall–Kier alpha value is -3.28. The van der Waals surface area contributed by atoms with Gasteiger partial charge in [0.15, 0.2) is 0 Å². The van der Waals surface area contributed by atoms with Gasteiger partial charge >= 0.3 is 0 Å². The number of hydrogen-bond donors (Lipinski definition) is 2. The summed E-state index contributed by atoms with van der Waals surface area (Å²) in [5.41, 5.74) is 4.19. The Kier molecular flexibility index (Phi) is 5.22. The van der Waals surface area contributed by atoms with E-state index < -0.39 is 0 Å². The third kappa shape index (κ3) is 4.42. The number of carbonyl (C=O) groups excluding carboxylic acids is 1. The van der Waals surface area contributed by atoms with Gasteiger partial charge in [-0.2, -0.15) is 0 Å². The van der Waals surface area contributed by atoms with Crippen LogP contribution in [-0.4, -0.2) is 15.9 Å². The Balaban J connectivity index is 1.68. The van der Waals surface area contributed by atoms with Crippen molar-refractivity contribution in [1.82, 2.24) is 15.3 Å². The summed E-state index contributed by atoms with van der Waals surface area (Å²) in [5.74, 6) is -0.273. The molecule has 1 amide bonds. The molecule has 132 valence electrons. The van der Waals surface area contributed by atoms with Gasteiger partial charge in [0.1, 0.15) is 11.5 Å². The lowest BCUT2D eigenvalue weighted by Gasteiger charge is -2.10. The molecule has 1 heterocycles. The lowest BCUT2D eigenvalue weighted by molar-refractivity contribution is 0.0946. The van der Waals surface area contributed by atoms with Crippen LogP contribution in [0.2, 0.25) is 0 Å². The van der Waals surface area contributed by atoms with Crippen molar-refractivity contribution in [2.24, 2.45) is 0 Å². The quantitative estimate of drug-likeness (QED) is 0.732. The monoisotopic (exact) mass is 350 g/mol. The Morgan fingerprint density at radius 2 is 1.85 bits per heavy atom. The molecular weight excluding hydrogens is 331 g/mol. The van der Waals surface area contributed by atoms with Crippen molar-refractivity contribution in [1.29, 1.82) is 0 Å². The van der Waals surface area contributed by atoms with E-state index in [1.165, 1.54) is 23.9 Å². The van der Waals surface area contributed by atoms with Crippen LogP contribution in [0.5, 0.6) is 0 Å². The molecule has 2 N–H and O–H groups in total. The second-order valence-corrected chi connectivity index (χ2v) is 6.02. The van der Waals surface area contributed by atoms with Crippen LogP contribution < -0.4 is 10.6 Å². The van der Waals surface area contributed by atoms with Crippen LogP contribution in [0.1, 0.15) is 27.2 Å². The first-order valence-electron chi connectivity index (χ1n) is 8.21. The minimum absolute atomic E-state index is 0.259. The molecule has 0 bridgehead atoms. The maximum absolute atomic E-state index is 12.9. The number of aromatic nitrogens is 2. The van der Waals surface area contributed by atoms with E-state index in [-0.39, 0.29) is 17.4 Å². The third-order valence-electron chi connectivity index (χ3n) is 3.88. The summed E-state index contributed by atoms with van der Waals surface area (Å²) in [4.78, 5) is 20.7. The molecule has 0 fully saturated rings. The number of aryl methyl sites for hydroxylation is 2. The summed E-state index contributed by atoms with van der Waals surface area (Å²) in [7, 11) is 0. The number of hydrogen-bond acceptors (Lipinski definition) is 4. The SMILES string of the molecule is Cc1ccc(Nc2nccc(C(=O)NCc3ccc(F)cc3)n2)c(C)c1. The number of nitrogens with zero attached hydrogens (tertiary/aromatic N) is 2. The molecule has 0 saturated carbocycles. The minimum Gasteiger partial charge on any atom is -0.347 e. The first-order valence-corrected chi connectivity index (χ1v) is 8.21. The normalized spacial score (nSPS) is 10.4. The average molecular weight is 350 g/mol. The molecule has 0 saturated heterocycles. The molecule has 0 unspecified atom stereocenters. The summed E-state index contributed by atoms with van der Waals surface area (Å²) in [6.45, 7) is 4.32. The van der Waals surface area contributed by atoms with E-state index in [0.717, 1.165) is 16.8 Å². The average Bonchev–Trinajstić information content (AvgIpc) is 2.63. The molecule has 6 heteroatoms. The summed E-state index contributed by atoms with van der Waals surface area (Å²) >= 11 is 0. The topological polar surface area (TPSA) is 66.9 Å². The van der Waals surface area contributed by atoms with Crippen LogP contribution >= 0.6 is 0 Å². The number of carbonyl (C=O) groups is 1. The third-order valence-corrected chi connectivity index (χ3v) is 3.88. The molecular formula is C20H19FN4O.